The second-order valence-electron chi connectivity index (χ2n) is 1.65. The molecule has 0 rings (SSSR count). The van der Waals surface area contributed by atoms with Crippen molar-refractivity contribution in [3.63, 3.8) is 0 Å². The van der Waals surface area contributed by atoms with Gasteiger partial charge in [0, 0.05) is 0 Å². The summed E-state index contributed by atoms with van der Waals surface area (Å²) in [6, 6.07) is 0. The number of carboxylic acids is 1. The summed E-state index contributed by atoms with van der Waals surface area (Å²) in [4.78, 5) is 36.4. The van der Waals surface area contributed by atoms with Crippen molar-refractivity contribution in [1.29, 1.82) is 0 Å². The molecule has 0 amide bonds. The lowest BCUT2D eigenvalue weighted by Gasteiger charge is -1.95. The highest BCUT2D eigenvalue weighted by atomic mass is 17.3. The fourth-order valence-corrected chi connectivity index (χ4v) is 0.323. The number of hydrogen-bond donors (Lipinski definition) is 1. The summed E-state index contributed by atoms with van der Waals surface area (Å²) in [5.74, 6) is -2.30. The number of aliphatic carboxylic acids is 1. The molecule has 0 heterocycles. The number of carbonyl (C=O) groups is 2. The van der Waals surface area contributed by atoms with Crippen LogP contribution < -0.4 is 0 Å². The molecule has 0 aliphatic carbocycles. The minimum atomic E-state index is -1.32. The van der Waals surface area contributed by atoms with Gasteiger partial charge in [0.15, 0.2) is 0 Å². The van der Waals surface area contributed by atoms with Gasteiger partial charge in [-0.3, -0.25) is 9.68 Å². The molecular weight excluding hydrogens is 174 g/mol. The molecule has 1 N–H and O–H groups in total. The zero-order valence-corrected chi connectivity index (χ0v) is 5.76. The first-order chi connectivity index (χ1) is 5.52. The van der Waals surface area contributed by atoms with Crippen molar-refractivity contribution in [2.45, 2.75) is 12.8 Å². The van der Waals surface area contributed by atoms with Gasteiger partial charge in [-0.1, -0.05) is 4.99 Å². The third-order valence-electron chi connectivity index (χ3n) is 0.734. The predicted molar refractivity (Wildman–Crippen MR) is 31.0 cm³/mol. The van der Waals surface area contributed by atoms with E-state index in [1.54, 1.807) is 0 Å². The average molecular weight is 179 g/mol. The Hall–Kier alpha value is -1.86. The second kappa shape index (κ2) is 4.88. The normalized spacial score (nSPS) is 8.67. The third-order valence-corrected chi connectivity index (χ3v) is 0.734. The Balaban J connectivity index is 3.47. The van der Waals surface area contributed by atoms with Crippen LogP contribution in [0.15, 0.2) is 0 Å². The molecule has 0 fully saturated rings. The molecule has 68 valence electrons. The molecule has 0 atom stereocenters. The van der Waals surface area contributed by atoms with Gasteiger partial charge >= 0.3 is 17.0 Å². The van der Waals surface area contributed by atoms with Crippen molar-refractivity contribution in [3.05, 3.63) is 10.1 Å². The van der Waals surface area contributed by atoms with Gasteiger partial charge in [-0.25, -0.2) is 4.79 Å². The molecule has 0 saturated heterocycles. The molecular formula is C4H5NO7. The van der Waals surface area contributed by atoms with E-state index < -0.39 is 29.9 Å². The zero-order valence-electron chi connectivity index (χ0n) is 5.76. The lowest BCUT2D eigenvalue weighted by Crippen LogP contribution is -2.10. The maximum absolute atomic E-state index is 10.3. The van der Waals surface area contributed by atoms with Crippen LogP contribution in [-0.2, 0) is 19.5 Å². The number of carboxylic acid groups (broad SMARTS) is 1. The molecule has 0 aromatic carbocycles. The summed E-state index contributed by atoms with van der Waals surface area (Å²) >= 11 is 0. The Bertz CT molecular complexity index is 180. The van der Waals surface area contributed by atoms with Crippen molar-refractivity contribution in [3.8, 4) is 0 Å². The molecule has 8 nitrogen and oxygen atoms in total. The van der Waals surface area contributed by atoms with E-state index in [1.165, 1.54) is 0 Å². The smallest absolute Gasteiger partial charge is 0.343 e. The highest BCUT2D eigenvalue weighted by Gasteiger charge is 2.08. The Labute approximate surface area is 65.7 Å². The van der Waals surface area contributed by atoms with Crippen molar-refractivity contribution in [2.75, 3.05) is 0 Å². The second-order valence-corrected chi connectivity index (χ2v) is 1.65. The van der Waals surface area contributed by atoms with Crippen LogP contribution in [0.1, 0.15) is 12.8 Å². The molecule has 0 aliphatic rings. The first kappa shape index (κ1) is 10.1. The summed E-state index contributed by atoms with van der Waals surface area (Å²) in [6.45, 7) is 0. The van der Waals surface area contributed by atoms with E-state index in [0.29, 0.717) is 0 Å². The summed E-state index contributed by atoms with van der Waals surface area (Å²) < 4.78 is 0. The highest BCUT2D eigenvalue weighted by molar-refractivity contribution is 5.76. The summed E-state index contributed by atoms with van der Waals surface area (Å²) in [5.41, 5.74) is 0. The predicted octanol–water partition coefficient (Wildman–Crippen LogP) is -0.482. The number of nitrogens with zero attached hydrogens (tertiary/aromatic N) is 1. The first-order valence-electron chi connectivity index (χ1n) is 2.76. The lowest BCUT2D eigenvalue weighted by molar-refractivity contribution is -0.839. The number of rotatable bonds is 5. The fourth-order valence-electron chi connectivity index (χ4n) is 0.323. The van der Waals surface area contributed by atoms with Gasteiger partial charge in [0.25, 0.3) is 0 Å². The molecule has 12 heavy (non-hydrogen) atoms. The van der Waals surface area contributed by atoms with Gasteiger partial charge in [0.1, 0.15) is 0 Å². The summed E-state index contributed by atoms with van der Waals surface area (Å²) in [5, 5.41) is 16.2. The fraction of sp³-hybridized carbons (Fsp3) is 0.500. The van der Waals surface area contributed by atoms with Crippen molar-refractivity contribution < 1.29 is 29.7 Å². The van der Waals surface area contributed by atoms with Crippen LogP contribution in [0.5, 0.6) is 0 Å². The van der Waals surface area contributed by atoms with Crippen LogP contribution >= 0.6 is 0 Å². The molecule has 0 radical (unpaired) electrons. The van der Waals surface area contributed by atoms with E-state index in [0.717, 1.165) is 0 Å². The first-order valence-corrected chi connectivity index (χ1v) is 2.76. The van der Waals surface area contributed by atoms with Gasteiger partial charge in [-0.05, 0) is 0 Å². The maximum atomic E-state index is 10.3. The van der Waals surface area contributed by atoms with Crippen LogP contribution in [0.3, 0.4) is 0 Å². The standard InChI is InChI=1S/C4H5NO7/c6-3(7)1-2-4(8)11-12-5(9)10/h1-2H2,(H,6,7). The molecule has 0 spiro atoms. The zero-order chi connectivity index (χ0) is 9.56. The molecule has 0 aliphatic heterocycles. The lowest BCUT2D eigenvalue weighted by atomic mass is 10.3. The molecule has 8 heteroatoms. The van der Waals surface area contributed by atoms with E-state index in [4.69, 9.17) is 5.11 Å². The van der Waals surface area contributed by atoms with E-state index in [-0.39, 0.29) is 0 Å². The molecule has 0 bridgehead atoms. The van der Waals surface area contributed by atoms with Gasteiger partial charge in [0.2, 0.25) is 0 Å². The van der Waals surface area contributed by atoms with E-state index in [2.05, 4.69) is 9.88 Å². The third kappa shape index (κ3) is 6.26. The van der Waals surface area contributed by atoms with E-state index >= 15 is 0 Å². The summed E-state index contributed by atoms with van der Waals surface area (Å²) in [7, 11) is 0. The molecule has 0 unspecified atom stereocenters. The Kier molecular flexibility index (Phi) is 4.12. The van der Waals surface area contributed by atoms with Gasteiger partial charge in [-0.15, -0.1) is 10.1 Å². The van der Waals surface area contributed by atoms with Crippen molar-refractivity contribution in [2.24, 2.45) is 0 Å². The monoisotopic (exact) mass is 179 g/mol. The topological polar surface area (TPSA) is 116 Å². The van der Waals surface area contributed by atoms with Crippen LogP contribution in [0, 0.1) is 10.1 Å². The Morgan fingerprint density at radius 2 is 2.00 bits per heavy atom. The molecule has 0 aromatic rings. The number of carbonyl (C=O) groups excluding carboxylic acids is 1. The van der Waals surface area contributed by atoms with Crippen LogP contribution in [0.2, 0.25) is 0 Å². The van der Waals surface area contributed by atoms with Gasteiger partial charge in [0.05, 0.1) is 12.8 Å². The van der Waals surface area contributed by atoms with Gasteiger partial charge < -0.3 is 5.11 Å². The highest BCUT2D eigenvalue weighted by Crippen LogP contribution is 1.93. The summed E-state index contributed by atoms with van der Waals surface area (Å²) in [6.07, 6.45) is -0.927. The minimum Gasteiger partial charge on any atom is -0.481 e. The molecule has 0 aromatic heterocycles. The van der Waals surface area contributed by atoms with E-state index in [1.807, 2.05) is 0 Å². The minimum absolute atomic E-state index is 0.458. The van der Waals surface area contributed by atoms with Crippen LogP contribution in [0.25, 0.3) is 0 Å². The number of hydrogen-bond acceptors (Lipinski definition) is 6. The van der Waals surface area contributed by atoms with E-state index in [9.17, 15) is 19.7 Å². The SMILES string of the molecule is O=C(O)CCC(=O)OO[N+](=O)[O-]. The van der Waals surface area contributed by atoms with Crippen LogP contribution in [-0.4, -0.2) is 22.1 Å². The Morgan fingerprint density at radius 3 is 2.42 bits per heavy atom. The van der Waals surface area contributed by atoms with Crippen molar-refractivity contribution >= 4 is 11.9 Å². The Morgan fingerprint density at radius 1 is 1.42 bits per heavy atom. The molecule has 0 saturated carbocycles. The quantitative estimate of drug-likeness (QED) is 0.344. The van der Waals surface area contributed by atoms with Crippen LogP contribution in [0.4, 0.5) is 0 Å². The maximum Gasteiger partial charge on any atom is 0.343 e. The average Bonchev–Trinajstić information content (AvgIpc) is 1.96. The van der Waals surface area contributed by atoms with Gasteiger partial charge in [-0.2, -0.15) is 0 Å². The van der Waals surface area contributed by atoms with Crippen molar-refractivity contribution in [1.82, 2.24) is 0 Å². The largest absolute Gasteiger partial charge is 0.481 e.